The first-order valence-electron chi connectivity index (χ1n) is 9.18. The van der Waals surface area contributed by atoms with E-state index in [1.54, 1.807) is 0 Å². The van der Waals surface area contributed by atoms with Gasteiger partial charge < -0.3 is 10.2 Å². The standard InChI is InChI=1S/C20H22N4O2/c1-13(14-7-9-16(10-8-14)24-11-3-6-19(24)25)21-20(26)18-12-15-4-2-5-17(15)22-23-18/h7-10,12-13H,2-6,11H2,1H3,(H,21,26). The molecule has 134 valence electrons. The van der Waals surface area contributed by atoms with Gasteiger partial charge in [0, 0.05) is 18.7 Å². The molecule has 6 nitrogen and oxygen atoms in total. The molecule has 1 atom stereocenters. The van der Waals surface area contributed by atoms with E-state index < -0.39 is 0 Å². The molecule has 1 aliphatic carbocycles. The van der Waals surface area contributed by atoms with Crippen LogP contribution in [0.2, 0.25) is 0 Å². The van der Waals surface area contributed by atoms with E-state index in [4.69, 9.17) is 0 Å². The van der Waals surface area contributed by atoms with Gasteiger partial charge in [0.1, 0.15) is 0 Å². The molecular formula is C20H22N4O2. The van der Waals surface area contributed by atoms with Crippen molar-refractivity contribution in [3.63, 3.8) is 0 Å². The van der Waals surface area contributed by atoms with Crippen LogP contribution in [0.1, 0.15) is 59.5 Å². The predicted octanol–water partition coefficient (Wildman–Crippen LogP) is 2.58. The van der Waals surface area contributed by atoms with Gasteiger partial charge in [0.25, 0.3) is 5.91 Å². The van der Waals surface area contributed by atoms with Gasteiger partial charge >= 0.3 is 0 Å². The fourth-order valence-electron chi connectivity index (χ4n) is 3.66. The largest absolute Gasteiger partial charge is 0.344 e. The molecule has 1 unspecified atom stereocenters. The maximum absolute atomic E-state index is 12.5. The van der Waals surface area contributed by atoms with Crippen molar-refractivity contribution in [2.24, 2.45) is 0 Å². The molecule has 1 fully saturated rings. The zero-order valence-corrected chi connectivity index (χ0v) is 14.9. The number of rotatable bonds is 4. The van der Waals surface area contributed by atoms with Gasteiger partial charge in [0.05, 0.1) is 11.7 Å². The van der Waals surface area contributed by atoms with Gasteiger partial charge in [-0.15, -0.1) is 5.10 Å². The van der Waals surface area contributed by atoms with E-state index >= 15 is 0 Å². The Kier molecular flexibility index (Phi) is 4.41. The molecule has 2 aromatic rings. The summed E-state index contributed by atoms with van der Waals surface area (Å²) in [7, 11) is 0. The monoisotopic (exact) mass is 350 g/mol. The Labute approximate surface area is 152 Å². The van der Waals surface area contributed by atoms with Crippen LogP contribution in [-0.2, 0) is 17.6 Å². The summed E-state index contributed by atoms with van der Waals surface area (Å²) < 4.78 is 0. The van der Waals surface area contributed by atoms with Gasteiger partial charge in [-0.05, 0) is 61.9 Å². The number of anilines is 1. The summed E-state index contributed by atoms with van der Waals surface area (Å²) in [6, 6.07) is 9.51. The Morgan fingerprint density at radius 2 is 1.92 bits per heavy atom. The quantitative estimate of drug-likeness (QED) is 0.920. The van der Waals surface area contributed by atoms with Crippen molar-refractivity contribution in [2.45, 2.75) is 45.1 Å². The number of carbonyl (C=O) groups is 2. The molecular weight excluding hydrogens is 328 g/mol. The van der Waals surface area contributed by atoms with Gasteiger partial charge in [-0.1, -0.05) is 12.1 Å². The number of hydrogen-bond donors (Lipinski definition) is 1. The van der Waals surface area contributed by atoms with Crippen molar-refractivity contribution in [2.75, 3.05) is 11.4 Å². The molecule has 2 aliphatic rings. The lowest BCUT2D eigenvalue weighted by atomic mass is 10.1. The van der Waals surface area contributed by atoms with Gasteiger partial charge in [-0.25, -0.2) is 0 Å². The zero-order chi connectivity index (χ0) is 18.1. The number of nitrogens with zero attached hydrogens (tertiary/aromatic N) is 3. The minimum Gasteiger partial charge on any atom is -0.344 e. The lowest BCUT2D eigenvalue weighted by Crippen LogP contribution is -2.28. The molecule has 2 amide bonds. The average Bonchev–Trinajstić information content (AvgIpc) is 3.29. The molecule has 26 heavy (non-hydrogen) atoms. The maximum Gasteiger partial charge on any atom is 0.272 e. The van der Waals surface area contributed by atoms with E-state index in [2.05, 4.69) is 15.5 Å². The van der Waals surface area contributed by atoms with Crippen molar-refractivity contribution in [1.82, 2.24) is 15.5 Å². The Bertz CT molecular complexity index is 847. The van der Waals surface area contributed by atoms with E-state index in [1.165, 1.54) is 0 Å². The minimum absolute atomic E-state index is 0.152. The summed E-state index contributed by atoms with van der Waals surface area (Å²) >= 11 is 0. The first-order valence-corrected chi connectivity index (χ1v) is 9.18. The van der Waals surface area contributed by atoms with Gasteiger partial charge in [-0.3, -0.25) is 9.59 Å². The average molecular weight is 350 g/mol. The third-order valence-electron chi connectivity index (χ3n) is 5.18. The van der Waals surface area contributed by atoms with Crippen molar-refractivity contribution in [3.8, 4) is 0 Å². The summed E-state index contributed by atoms with van der Waals surface area (Å²) in [5.74, 6) is -0.0345. The fraction of sp³-hybridized carbons (Fsp3) is 0.400. The Morgan fingerprint density at radius 3 is 2.65 bits per heavy atom. The topological polar surface area (TPSA) is 75.2 Å². The van der Waals surface area contributed by atoms with Crippen molar-refractivity contribution in [3.05, 3.63) is 52.8 Å². The molecule has 1 N–H and O–H groups in total. The van der Waals surface area contributed by atoms with Gasteiger partial charge in [0.2, 0.25) is 5.91 Å². The third-order valence-corrected chi connectivity index (χ3v) is 5.18. The number of nitrogens with one attached hydrogen (secondary N) is 1. The van der Waals surface area contributed by atoms with Gasteiger partial charge in [0.15, 0.2) is 5.69 Å². The van der Waals surface area contributed by atoms with Crippen LogP contribution >= 0.6 is 0 Å². The molecule has 1 aromatic heterocycles. The Hall–Kier alpha value is -2.76. The molecule has 0 saturated carbocycles. The predicted molar refractivity (Wildman–Crippen MR) is 98.0 cm³/mol. The number of amides is 2. The molecule has 0 radical (unpaired) electrons. The van der Waals surface area contributed by atoms with Crippen LogP contribution in [0.4, 0.5) is 5.69 Å². The smallest absolute Gasteiger partial charge is 0.272 e. The molecule has 4 rings (SSSR count). The van der Waals surface area contributed by atoms with E-state index in [1.807, 2.05) is 42.2 Å². The van der Waals surface area contributed by atoms with Crippen molar-refractivity contribution in [1.29, 1.82) is 0 Å². The third kappa shape index (κ3) is 3.19. The van der Waals surface area contributed by atoms with Crippen LogP contribution < -0.4 is 10.2 Å². The zero-order valence-electron chi connectivity index (χ0n) is 14.9. The van der Waals surface area contributed by atoms with Gasteiger partial charge in [-0.2, -0.15) is 5.10 Å². The van der Waals surface area contributed by atoms with E-state index in [0.717, 1.165) is 54.7 Å². The van der Waals surface area contributed by atoms with E-state index in [9.17, 15) is 9.59 Å². The van der Waals surface area contributed by atoms with Crippen LogP contribution in [0.5, 0.6) is 0 Å². The summed E-state index contributed by atoms with van der Waals surface area (Å²) in [5.41, 5.74) is 4.43. The van der Waals surface area contributed by atoms with Crippen LogP contribution in [0.15, 0.2) is 30.3 Å². The number of benzene rings is 1. The highest BCUT2D eigenvalue weighted by atomic mass is 16.2. The van der Waals surface area contributed by atoms with Crippen LogP contribution in [0.3, 0.4) is 0 Å². The van der Waals surface area contributed by atoms with Crippen molar-refractivity contribution < 1.29 is 9.59 Å². The Morgan fingerprint density at radius 1 is 1.12 bits per heavy atom. The molecule has 2 heterocycles. The molecule has 6 heteroatoms. The van der Waals surface area contributed by atoms with E-state index in [0.29, 0.717) is 12.1 Å². The molecule has 0 spiro atoms. The summed E-state index contributed by atoms with van der Waals surface area (Å²) in [4.78, 5) is 26.1. The first kappa shape index (κ1) is 16.7. The molecule has 0 bridgehead atoms. The van der Waals surface area contributed by atoms with Crippen LogP contribution in [0.25, 0.3) is 0 Å². The highest BCUT2D eigenvalue weighted by Gasteiger charge is 2.22. The number of fused-ring (bicyclic) bond motifs is 1. The molecule has 1 saturated heterocycles. The minimum atomic E-state index is -0.210. The van der Waals surface area contributed by atoms with Crippen LogP contribution in [-0.4, -0.2) is 28.6 Å². The summed E-state index contributed by atoms with van der Waals surface area (Å²) in [5, 5.41) is 11.2. The second-order valence-electron chi connectivity index (χ2n) is 6.99. The molecule has 1 aromatic carbocycles. The highest BCUT2D eigenvalue weighted by Crippen LogP contribution is 2.24. The Balaban J connectivity index is 1.43. The van der Waals surface area contributed by atoms with E-state index in [-0.39, 0.29) is 17.9 Å². The normalized spacial score (nSPS) is 17.3. The lowest BCUT2D eigenvalue weighted by Gasteiger charge is -2.18. The summed E-state index contributed by atoms with van der Waals surface area (Å²) in [6.45, 7) is 2.72. The maximum atomic E-state index is 12.5. The number of hydrogen-bond acceptors (Lipinski definition) is 4. The highest BCUT2D eigenvalue weighted by molar-refractivity contribution is 5.95. The number of aryl methyl sites for hydroxylation is 2. The second-order valence-corrected chi connectivity index (χ2v) is 6.99. The second kappa shape index (κ2) is 6.86. The number of aromatic nitrogens is 2. The lowest BCUT2D eigenvalue weighted by molar-refractivity contribution is -0.117. The number of carbonyl (C=O) groups excluding carboxylic acids is 2. The van der Waals surface area contributed by atoms with Crippen molar-refractivity contribution >= 4 is 17.5 Å². The van der Waals surface area contributed by atoms with Crippen LogP contribution in [0, 0.1) is 0 Å². The fourth-order valence-corrected chi connectivity index (χ4v) is 3.66. The first-order chi connectivity index (χ1) is 12.6. The SMILES string of the molecule is CC(NC(=O)c1cc2c(nn1)CCC2)c1ccc(N2CCCC2=O)cc1. The molecule has 1 aliphatic heterocycles. The summed E-state index contributed by atoms with van der Waals surface area (Å²) in [6.07, 6.45) is 4.53.